The fraction of sp³-hybridized carbons (Fsp3) is 0.727. The summed E-state index contributed by atoms with van der Waals surface area (Å²) >= 11 is 0. The van der Waals surface area contributed by atoms with Crippen molar-refractivity contribution in [2.24, 2.45) is 0 Å². The van der Waals surface area contributed by atoms with Gasteiger partial charge < -0.3 is 19.7 Å². The lowest BCUT2D eigenvalue weighted by Gasteiger charge is -2.24. The van der Waals surface area contributed by atoms with Gasteiger partial charge in [0.1, 0.15) is 0 Å². The normalized spacial score (nSPS) is 12.1. The lowest BCUT2D eigenvalue weighted by molar-refractivity contribution is 0.183. The highest BCUT2D eigenvalue weighted by Crippen LogP contribution is 2.15. The van der Waals surface area contributed by atoms with Gasteiger partial charge >= 0.3 is 6.01 Å². The standard InChI is InChI=1S/C11H21N5O2/c1-6-12-9-13-10(15-11(14-9)18-5)16(3)8(2)7-17-4/h8H,6-7H2,1-5H3,(H,12,13,14,15). The van der Waals surface area contributed by atoms with Crippen molar-refractivity contribution >= 4 is 11.9 Å². The van der Waals surface area contributed by atoms with Gasteiger partial charge in [-0.05, 0) is 13.8 Å². The van der Waals surface area contributed by atoms with E-state index in [1.807, 2.05) is 25.8 Å². The SMILES string of the molecule is CCNc1nc(OC)nc(N(C)C(C)COC)n1. The molecule has 1 N–H and O–H groups in total. The maximum absolute atomic E-state index is 5.12. The van der Waals surface area contributed by atoms with Gasteiger partial charge in [0.05, 0.1) is 19.8 Å². The van der Waals surface area contributed by atoms with Crippen LogP contribution in [-0.2, 0) is 4.74 Å². The van der Waals surface area contributed by atoms with Gasteiger partial charge in [-0.25, -0.2) is 0 Å². The first-order valence-corrected chi connectivity index (χ1v) is 5.88. The maximum atomic E-state index is 5.12. The molecule has 102 valence electrons. The first-order chi connectivity index (χ1) is 8.62. The van der Waals surface area contributed by atoms with E-state index in [4.69, 9.17) is 9.47 Å². The van der Waals surface area contributed by atoms with E-state index >= 15 is 0 Å². The van der Waals surface area contributed by atoms with E-state index < -0.39 is 0 Å². The molecule has 1 rings (SSSR count). The molecule has 0 fully saturated rings. The molecule has 0 aromatic carbocycles. The minimum atomic E-state index is 0.164. The highest BCUT2D eigenvalue weighted by atomic mass is 16.5. The molecule has 0 aliphatic carbocycles. The Hall–Kier alpha value is -1.63. The van der Waals surface area contributed by atoms with Crippen LogP contribution in [0, 0.1) is 0 Å². The van der Waals surface area contributed by atoms with Crippen LogP contribution in [0.1, 0.15) is 13.8 Å². The summed E-state index contributed by atoms with van der Waals surface area (Å²) in [4.78, 5) is 14.6. The zero-order valence-electron chi connectivity index (χ0n) is 11.6. The highest BCUT2D eigenvalue weighted by Gasteiger charge is 2.15. The van der Waals surface area contributed by atoms with Gasteiger partial charge in [-0.1, -0.05) is 0 Å². The van der Waals surface area contributed by atoms with Crippen molar-refractivity contribution in [3.8, 4) is 6.01 Å². The molecule has 18 heavy (non-hydrogen) atoms. The average molecular weight is 255 g/mol. The van der Waals surface area contributed by atoms with Crippen LogP contribution in [0.5, 0.6) is 6.01 Å². The van der Waals surface area contributed by atoms with Crippen LogP contribution in [0.4, 0.5) is 11.9 Å². The summed E-state index contributed by atoms with van der Waals surface area (Å²) < 4.78 is 10.2. The van der Waals surface area contributed by atoms with Crippen molar-refractivity contribution < 1.29 is 9.47 Å². The third-order valence-corrected chi connectivity index (χ3v) is 2.51. The fourth-order valence-corrected chi connectivity index (χ4v) is 1.38. The fourth-order valence-electron chi connectivity index (χ4n) is 1.38. The summed E-state index contributed by atoms with van der Waals surface area (Å²) in [6.45, 7) is 5.35. The smallest absolute Gasteiger partial charge is 0.322 e. The molecule has 7 nitrogen and oxygen atoms in total. The first-order valence-electron chi connectivity index (χ1n) is 5.88. The third-order valence-electron chi connectivity index (χ3n) is 2.51. The highest BCUT2D eigenvalue weighted by molar-refractivity contribution is 5.38. The van der Waals surface area contributed by atoms with Crippen molar-refractivity contribution in [1.29, 1.82) is 0 Å². The van der Waals surface area contributed by atoms with Crippen LogP contribution in [0.3, 0.4) is 0 Å². The summed E-state index contributed by atoms with van der Waals surface area (Å²) in [7, 11) is 5.12. The number of hydrogen-bond donors (Lipinski definition) is 1. The Bertz CT molecular complexity index is 374. The van der Waals surface area contributed by atoms with Crippen molar-refractivity contribution in [1.82, 2.24) is 15.0 Å². The zero-order chi connectivity index (χ0) is 13.5. The minimum absolute atomic E-state index is 0.164. The Morgan fingerprint density at radius 2 is 2.00 bits per heavy atom. The number of aromatic nitrogens is 3. The quantitative estimate of drug-likeness (QED) is 0.772. The van der Waals surface area contributed by atoms with Crippen molar-refractivity contribution in [2.45, 2.75) is 19.9 Å². The largest absolute Gasteiger partial charge is 0.467 e. The maximum Gasteiger partial charge on any atom is 0.322 e. The predicted molar refractivity (Wildman–Crippen MR) is 70.3 cm³/mol. The Morgan fingerprint density at radius 3 is 2.56 bits per heavy atom. The molecule has 1 aromatic heterocycles. The molecular weight excluding hydrogens is 234 g/mol. The van der Waals surface area contributed by atoms with Gasteiger partial charge in [0, 0.05) is 20.7 Å². The number of anilines is 2. The van der Waals surface area contributed by atoms with Crippen molar-refractivity contribution in [3.05, 3.63) is 0 Å². The number of nitrogens with zero attached hydrogens (tertiary/aromatic N) is 4. The molecule has 0 saturated carbocycles. The van der Waals surface area contributed by atoms with E-state index in [9.17, 15) is 0 Å². The van der Waals surface area contributed by atoms with Crippen LogP contribution in [-0.4, -0.2) is 55.4 Å². The molecule has 0 saturated heterocycles. The monoisotopic (exact) mass is 255 g/mol. The van der Waals surface area contributed by atoms with Gasteiger partial charge in [-0.3, -0.25) is 0 Å². The lowest BCUT2D eigenvalue weighted by Crippen LogP contribution is -2.34. The van der Waals surface area contributed by atoms with E-state index in [0.717, 1.165) is 6.54 Å². The molecule has 1 unspecified atom stereocenters. The minimum Gasteiger partial charge on any atom is -0.467 e. The van der Waals surface area contributed by atoms with Crippen LogP contribution >= 0.6 is 0 Å². The van der Waals surface area contributed by atoms with E-state index in [1.54, 1.807) is 7.11 Å². The van der Waals surface area contributed by atoms with Gasteiger partial charge in [0.2, 0.25) is 11.9 Å². The van der Waals surface area contributed by atoms with Gasteiger partial charge in [0.15, 0.2) is 0 Å². The van der Waals surface area contributed by atoms with Crippen molar-refractivity contribution in [2.75, 3.05) is 44.6 Å². The number of hydrogen-bond acceptors (Lipinski definition) is 7. The molecule has 0 aliphatic rings. The molecule has 1 aromatic rings. The average Bonchev–Trinajstić information content (AvgIpc) is 2.38. The van der Waals surface area contributed by atoms with E-state index in [-0.39, 0.29) is 6.04 Å². The predicted octanol–water partition coefficient (Wildman–Crippen LogP) is 0.783. The lowest BCUT2D eigenvalue weighted by atomic mass is 10.3. The van der Waals surface area contributed by atoms with Crippen molar-refractivity contribution in [3.63, 3.8) is 0 Å². The first kappa shape index (κ1) is 14.4. The van der Waals surface area contributed by atoms with Crippen LogP contribution < -0.4 is 15.0 Å². The second-order valence-corrected chi connectivity index (χ2v) is 3.89. The molecule has 1 atom stereocenters. The molecule has 0 radical (unpaired) electrons. The second kappa shape index (κ2) is 6.95. The topological polar surface area (TPSA) is 72.4 Å². The Kier molecular flexibility index (Phi) is 5.57. The second-order valence-electron chi connectivity index (χ2n) is 3.89. The number of ether oxygens (including phenoxy) is 2. The molecule has 0 bridgehead atoms. The van der Waals surface area contributed by atoms with Crippen LogP contribution in [0.25, 0.3) is 0 Å². The Labute approximate surface area is 108 Å². The summed E-state index contributed by atoms with van der Waals surface area (Å²) in [6.07, 6.45) is 0. The van der Waals surface area contributed by atoms with Gasteiger partial charge in [-0.15, -0.1) is 0 Å². The zero-order valence-corrected chi connectivity index (χ0v) is 11.6. The molecule has 0 amide bonds. The van der Waals surface area contributed by atoms with E-state index in [0.29, 0.717) is 24.5 Å². The van der Waals surface area contributed by atoms with Gasteiger partial charge in [0.25, 0.3) is 0 Å². The summed E-state index contributed by atoms with van der Waals surface area (Å²) in [5, 5.41) is 3.05. The third kappa shape index (κ3) is 3.69. The number of likely N-dealkylation sites (N-methyl/N-ethyl adjacent to an activating group) is 1. The summed E-state index contributed by atoms with van der Waals surface area (Å²) in [5.41, 5.74) is 0. The molecule has 7 heteroatoms. The van der Waals surface area contributed by atoms with Crippen LogP contribution in [0.15, 0.2) is 0 Å². The Morgan fingerprint density at radius 1 is 1.28 bits per heavy atom. The molecule has 0 aliphatic heterocycles. The number of nitrogens with one attached hydrogen (secondary N) is 1. The summed E-state index contributed by atoms with van der Waals surface area (Å²) in [6, 6.07) is 0.462. The molecule has 1 heterocycles. The molecular formula is C11H21N5O2. The van der Waals surface area contributed by atoms with Crippen LogP contribution in [0.2, 0.25) is 0 Å². The van der Waals surface area contributed by atoms with E-state index in [2.05, 4.69) is 20.3 Å². The molecule has 0 spiro atoms. The Balaban J connectivity index is 2.95. The number of rotatable bonds is 7. The summed E-state index contributed by atoms with van der Waals surface area (Å²) in [5.74, 6) is 1.07. The number of methoxy groups -OCH3 is 2. The van der Waals surface area contributed by atoms with Gasteiger partial charge in [-0.2, -0.15) is 15.0 Å². The van der Waals surface area contributed by atoms with E-state index in [1.165, 1.54) is 7.11 Å².